The van der Waals surface area contributed by atoms with Crippen LogP contribution < -0.4 is 5.32 Å². The lowest BCUT2D eigenvalue weighted by atomic mass is 10.1. The van der Waals surface area contributed by atoms with E-state index in [1.807, 2.05) is 11.3 Å². The van der Waals surface area contributed by atoms with Crippen molar-refractivity contribution in [1.82, 2.24) is 5.32 Å². The lowest BCUT2D eigenvalue weighted by molar-refractivity contribution is 0.442. The van der Waals surface area contributed by atoms with Crippen LogP contribution in [-0.4, -0.2) is 18.1 Å². The van der Waals surface area contributed by atoms with Crippen LogP contribution in [0.4, 0.5) is 0 Å². The zero-order chi connectivity index (χ0) is 11.2. The fourth-order valence-corrected chi connectivity index (χ4v) is 4.30. The van der Waals surface area contributed by atoms with E-state index in [1.54, 1.807) is 0 Å². The molecule has 1 nitrogen and oxygen atoms in total. The van der Waals surface area contributed by atoms with Crippen molar-refractivity contribution in [2.24, 2.45) is 5.92 Å². The van der Waals surface area contributed by atoms with Crippen LogP contribution in [0.15, 0.2) is 17.5 Å². The monoisotopic (exact) mass is 255 g/mol. The molecule has 0 aromatic carbocycles. The second-order valence-corrected chi connectivity index (χ2v) is 6.62. The highest BCUT2D eigenvalue weighted by molar-refractivity contribution is 7.99. The zero-order valence-electron chi connectivity index (χ0n) is 9.95. The Kier molecular flexibility index (Phi) is 5.20. The lowest BCUT2D eigenvalue weighted by Gasteiger charge is -2.19. The Morgan fingerprint density at radius 3 is 3.12 bits per heavy atom. The molecule has 90 valence electrons. The zero-order valence-corrected chi connectivity index (χ0v) is 11.6. The van der Waals surface area contributed by atoms with Gasteiger partial charge in [0.1, 0.15) is 0 Å². The van der Waals surface area contributed by atoms with Crippen LogP contribution in [0.1, 0.15) is 37.1 Å². The topological polar surface area (TPSA) is 12.0 Å². The third-order valence-corrected chi connectivity index (χ3v) is 5.36. The van der Waals surface area contributed by atoms with Crippen LogP contribution in [0.25, 0.3) is 0 Å². The highest BCUT2D eigenvalue weighted by Gasteiger charge is 2.18. The third-order valence-electron chi connectivity index (χ3n) is 3.14. The summed E-state index contributed by atoms with van der Waals surface area (Å²) in [5.41, 5.74) is 0. The highest BCUT2D eigenvalue weighted by atomic mass is 32.2. The molecule has 1 saturated heterocycles. The van der Waals surface area contributed by atoms with E-state index in [0.29, 0.717) is 6.04 Å². The molecule has 0 radical (unpaired) electrons. The van der Waals surface area contributed by atoms with Gasteiger partial charge in [-0.2, -0.15) is 11.8 Å². The first-order valence-corrected chi connectivity index (χ1v) is 8.28. The van der Waals surface area contributed by atoms with Gasteiger partial charge < -0.3 is 5.32 Å². The molecule has 0 bridgehead atoms. The van der Waals surface area contributed by atoms with E-state index in [0.717, 1.165) is 5.92 Å². The van der Waals surface area contributed by atoms with Gasteiger partial charge >= 0.3 is 0 Å². The van der Waals surface area contributed by atoms with Crippen molar-refractivity contribution in [2.45, 2.75) is 32.2 Å². The lowest BCUT2D eigenvalue weighted by Crippen LogP contribution is -2.26. The second-order valence-electron chi connectivity index (χ2n) is 4.49. The molecule has 2 rings (SSSR count). The number of thioether (sulfide) groups is 1. The number of rotatable bonds is 6. The number of nitrogens with one attached hydrogen (secondary N) is 1. The van der Waals surface area contributed by atoms with Crippen LogP contribution >= 0.6 is 23.1 Å². The minimum absolute atomic E-state index is 0.593. The largest absolute Gasteiger partial charge is 0.309 e. The number of thiophene rings is 1. The standard InChI is InChI=1S/C13H21NS2/c1-2-4-12(13-5-3-7-16-13)14-9-11-6-8-15-10-11/h3,5,7,11-12,14H,2,4,6,8-10H2,1H3. The van der Waals surface area contributed by atoms with Crippen molar-refractivity contribution < 1.29 is 0 Å². The molecule has 1 fully saturated rings. The van der Waals surface area contributed by atoms with Crippen molar-refractivity contribution >= 4 is 23.1 Å². The van der Waals surface area contributed by atoms with Gasteiger partial charge in [0.25, 0.3) is 0 Å². The van der Waals surface area contributed by atoms with E-state index in [-0.39, 0.29) is 0 Å². The van der Waals surface area contributed by atoms with E-state index in [4.69, 9.17) is 0 Å². The van der Waals surface area contributed by atoms with Gasteiger partial charge in [0.05, 0.1) is 0 Å². The van der Waals surface area contributed by atoms with Gasteiger partial charge in [-0.3, -0.25) is 0 Å². The molecule has 1 aromatic rings. The molecule has 2 unspecified atom stereocenters. The maximum atomic E-state index is 3.76. The fourth-order valence-electron chi connectivity index (χ4n) is 2.18. The Bertz CT molecular complexity index is 278. The first kappa shape index (κ1) is 12.5. The van der Waals surface area contributed by atoms with Crippen molar-refractivity contribution in [3.05, 3.63) is 22.4 Å². The Balaban J connectivity index is 1.82. The predicted octanol–water partition coefficient (Wildman–Crippen LogP) is 3.93. The SMILES string of the molecule is CCCC(NCC1CCSC1)c1cccs1. The molecular formula is C13H21NS2. The smallest absolute Gasteiger partial charge is 0.0414 e. The molecule has 2 heterocycles. The van der Waals surface area contributed by atoms with Gasteiger partial charge in [0.2, 0.25) is 0 Å². The Morgan fingerprint density at radius 2 is 2.50 bits per heavy atom. The minimum atomic E-state index is 0.593. The first-order chi connectivity index (χ1) is 7.90. The van der Waals surface area contributed by atoms with Gasteiger partial charge in [-0.15, -0.1) is 11.3 Å². The highest BCUT2D eigenvalue weighted by Crippen LogP contribution is 2.26. The van der Waals surface area contributed by atoms with Gasteiger partial charge in [-0.25, -0.2) is 0 Å². The third kappa shape index (κ3) is 3.51. The van der Waals surface area contributed by atoms with Gasteiger partial charge in [-0.1, -0.05) is 19.4 Å². The average molecular weight is 255 g/mol. The van der Waals surface area contributed by atoms with E-state index in [9.17, 15) is 0 Å². The molecule has 1 aliphatic rings. The van der Waals surface area contributed by atoms with Crippen LogP contribution in [0, 0.1) is 5.92 Å². The van der Waals surface area contributed by atoms with Gasteiger partial charge in [0.15, 0.2) is 0 Å². The van der Waals surface area contributed by atoms with Crippen LogP contribution in [0.3, 0.4) is 0 Å². The molecule has 1 aromatic heterocycles. The summed E-state index contributed by atoms with van der Waals surface area (Å²) in [7, 11) is 0. The maximum absolute atomic E-state index is 3.76. The summed E-state index contributed by atoms with van der Waals surface area (Å²) in [6.07, 6.45) is 3.93. The predicted molar refractivity (Wildman–Crippen MR) is 75.4 cm³/mol. The van der Waals surface area contributed by atoms with Crippen molar-refractivity contribution in [3.8, 4) is 0 Å². The molecule has 0 amide bonds. The second kappa shape index (κ2) is 6.67. The van der Waals surface area contributed by atoms with Crippen LogP contribution in [0.5, 0.6) is 0 Å². The molecular weight excluding hydrogens is 234 g/mol. The maximum Gasteiger partial charge on any atom is 0.0414 e. The molecule has 0 saturated carbocycles. The number of hydrogen-bond acceptors (Lipinski definition) is 3. The number of hydrogen-bond donors (Lipinski definition) is 1. The quantitative estimate of drug-likeness (QED) is 0.826. The minimum Gasteiger partial charge on any atom is -0.309 e. The summed E-state index contributed by atoms with van der Waals surface area (Å²) in [6.45, 7) is 3.48. The van der Waals surface area contributed by atoms with Crippen molar-refractivity contribution in [1.29, 1.82) is 0 Å². The van der Waals surface area contributed by atoms with E-state index >= 15 is 0 Å². The average Bonchev–Trinajstić information content (AvgIpc) is 2.96. The van der Waals surface area contributed by atoms with Crippen molar-refractivity contribution in [2.75, 3.05) is 18.1 Å². The van der Waals surface area contributed by atoms with Gasteiger partial charge in [0, 0.05) is 10.9 Å². The molecule has 3 heteroatoms. The molecule has 1 aliphatic heterocycles. The van der Waals surface area contributed by atoms with Crippen molar-refractivity contribution in [3.63, 3.8) is 0 Å². The Labute approximate surface area is 107 Å². The molecule has 0 aliphatic carbocycles. The summed E-state index contributed by atoms with van der Waals surface area (Å²) in [5, 5.41) is 5.95. The summed E-state index contributed by atoms with van der Waals surface area (Å²) in [4.78, 5) is 1.51. The summed E-state index contributed by atoms with van der Waals surface area (Å²) >= 11 is 3.99. The summed E-state index contributed by atoms with van der Waals surface area (Å²) < 4.78 is 0. The Hall–Kier alpha value is 0.01000. The molecule has 1 N–H and O–H groups in total. The first-order valence-electron chi connectivity index (χ1n) is 6.24. The molecule has 16 heavy (non-hydrogen) atoms. The van der Waals surface area contributed by atoms with E-state index < -0.39 is 0 Å². The fraction of sp³-hybridized carbons (Fsp3) is 0.692. The molecule has 2 atom stereocenters. The summed E-state index contributed by atoms with van der Waals surface area (Å²) in [6, 6.07) is 5.02. The summed E-state index contributed by atoms with van der Waals surface area (Å²) in [5.74, 6) is 3.63. The van der Waals surface area contributed by atoms with E-state index in [1.165, 1.54) is 42.2 Å². The molecule has 0 spiro atoms. The van der Waals surface area contributed by atoms with Crippen LogP contribution in [-0.2, 0) is 0 Å². The Morgan fingerprint density at radius 1 is 1.56 bits per heavy atom. The van der Waals surface area contributed by atoms with E-state index in [2.05, 4.69) is 41.5 Å². The van der Waals surface area contributed by atoms with Crippen LogP contribution in [0.2, 0.25) is 0 Å². The van der Waals surface area contributed by atoms with Gasteiger partial charge in [-0.05, 0) is 48.3 Å². The normalized spacial score (nSPS) is 22.4.